The average molecular weight is 469 g/mol. The van der Waals surface area contributed by atoms with Crippen LogP contribution in [-0.2, 0) is 9.84 Å². The van der Waals surface area contributed by atoms with Crippen molar-refractivity contribution in [3.8, 4) is 11.5 Å². The lowest BCUT2D eigenvalue weighted by atomic mass is 10.2. The molecule has 0 N–H and O–H groups in total. The lowest BCUT2D eigenvalue weighted by Gasteiger charge is -2.15. The Hall–Kier alpha value is -2.34. The number of nitro benzene ring substituents is 1. The smallest absolute Gasteiger partial charge is 0.456 e. The predicted molar refractivity (Wildman–Crippen MR) is 94.9 cm³/mol. The Balaban J connectivity index is 2.39. The molecule has 2 aromatic rings. The van der Waals surface area contributed by atoms with Gasteiger partial charge < -0.3 is 9.64 Å². The molecule has 0 aliphatic heterocycles. The van der Waals surface area contributed by atoms with E-state index in [1.54, 1.807) is 14.1 Å². The van der Waals surface area contributed by atoms with E-state index >= 15 is 0 Å². The number of benzene rings is 2. The second-order valence-electron chi connectivity index (χ2n) is 5.45. The maximum absolute atomic E-state index is 12.6. The minimum atomic E-state index is -5.49. The van der Waals surface area contributed by atoms with E-state index in [2.05, 4.69) is 15.9 Å². The van der Waals surface area contributed by atoms with Gasteiger partial charge in [-0.25, -0.2) is 8.42 Å². The Morgan fingerprint density at radius 2 is 1.78 bits per heavy atom. The molecular weight excluding hydrogens is 457 g/mol. The first-order chi connectivity index (χ1) is 12.3. The summed E-state index contributed by atoms with van der Waals surface area (Å²) in [6.45, 7) is 0. The molecule has 0 saturated carbocycles. The molecule has 0 amide bonds. The van der Waals surface area contributed by atoms with Gasteiger partial charge in [-0.3, -0.25) is 10.1 Å². The van der Waals surface area contributed by atoms with Crippen LogP contribution in [-0.4, -0.2) is 32.9 Å². The molecule has 0 aliphatic rings. The van der Waals surface area contributed by atoms with Crippen molar-refractivity contribution in [2.24, 2.45) is 0 Å². The van der Waals surface area contributed by atoms with Crippen LogP contribution in [0.3, 0.4) is 0 Å². The standard InChI is InChI=1S/C15H12BrF3N2O5S/c1-20(2)13-7-9(3-5-12(13)21(22)23)26-14-6-4-10(8-11(14)16)27(24,25)15(17,18)19/h3-8H,1-2H3. The number of nitro groups is 1. The number of halogens is 4. The Morgan fingerprint density at radius 3 is 2.26 bits per heavy atom. The van der Waals surface area contributed by atoms with Crippen molar-refractivity contribution in [3.05, 3.63) is 51.0 Å². The molecular formula is C15H12BrF3N2O5S. The van der Waals surface area contributed by atoms with Crippen molar-refractivity contribution in [1.82, 2.24) is 0 Å². The summed E-state index contributed by atoms with van der Waals surface area (Å²) < 4.78 is 66.2. The van der Waals surface area contributed by atoms with Crippen LogP contribution in [0.5, 0.6) is 11.5 Å². The molecule has 27 heavy (non-hydrogen) atoms. The van der Waals surface area contributed by atoms with Gasteiger partial charge >= 0.3 is 5.51 Å². The number of ether oxygens (including phenoxy) is 1. The lowest BCUT2D eigenvalue weighted by molar-refractivity contribution is -0.384. The number of hydrogen-bond acceptors (Lipinski definition) is 6. The van der Waals surface area contributed by atoms with Crippen molar-refractivity contribution in [1.29, 1.82) is 0 Å². The van der Waals surface area contributed by atoms with Gasteiger partial charge in [0.2, 0.25) is 0 Å². The average Bonchev–Trinajstić information content (AvgIpc) is 2.55. The summed E-state index contributed by atoms with van der Waals surface area (Å²) in [6.07, 6.45) is 0. The Kier molecular flexibility index (Phi) is 5.71. The van der Waals surface area contributed by atoms with E-state index in [1.807, 2.05) is 0 Å². The summed E-state index contributed by atoms with van der Waals surface area (Å²) in [5.74, 6) is 0.214. The van der Waals surface area contributed by atoms with Gasteiger partial charge in [-0.1, -0.05) is 0 Å². The topological polar surface area (TPSA) is 89.8 Å². The first-order valence-electron chi connectivity index (χ1n) is 7.09. The summed E-state index contributed by atoms with van der Waals surface area (Å²) in [4.78, 5) is 11.0. The molecule has 0 unspecified atom stereocenters. The van der Waals surface area contributed by atoms with Gasteiger partial charge in [0, 0.05) is 26.2 Å². The number of anilines is 1. The highest BCUT2D eigenvalue weighted by atomic mass is 79.9. The van der Waals surface area contributed by atoms with E-state index < -0.39 is 25.2 Å². The van der Waals surface area contributed by atoms with E-state index in [-0.39, 0.29) is 27.3 Å². The monoisotopic (exact) mass is 468 g/mol. The van der Waals surface area contributed by atoms with Crippen molar-refractivity contribution in [2.75, 3.05) is 19.0 Å². The SMILES string of the molecule is CN(C)c1cc(Oc2ccc(S(=O)(=O)C(F)(F)F)cc2Br)ccc1[N+](=O)[O-]. The molecule has 0 saturated heterocycles. The largest absolute Gasteiger partial charge is 0.501 e. The quantitative estimate of drug-likeness (QED) is 0.473. The van der Waals surface area contributed by atoms with Crippen LogP contribution in [0.2, 0.25) is 0 Å². The molecule has 0 aromatic heterocycles. The van der Waals surface area contributed by atoms with E-state index in [0.717, 1.165) is 18.2 Å². The van der Waals surface area contributed by atoms with Gasteiger partial charge in [0.15, 0.2) is 0 Å². The second-order valence-corrected chi connectivity index (χ2v) is 8.24. The van der Waals surface area contributed by atoms with Gasteiger partial charge in [0.1, 0.15) is 17.2 Å². The van der Waals surface area contributed by atoms with Gasteiger partial charge in [-0.05, 0) is 40.2 Å². The summed E-state index contributed by atoms with van der Waals surface area (Å²) in [5.41, 5.74) is -5.32. The number of sulfone groups is 1. The summed E-state index contributed by atoms with van der Waals surface area (Å²) in [5, 5.41) is 11.0. The van der Waals surface area contributed by atoms with Gasteiger partial charge in [-0.15, -0.1) is 0 Å². The molecule has 12 heteroatoms. The van der Waals surface area contributed by atoms with Crippen molar-refractivity contribution in [3.63, 3.8) is 0 Å². The first-order valence-corrected chi connectivity index (χ1v) is 9.36. The molecule has 2 aromatic carbocycles. The minimum Gasteiger partial charge on any atom is -0.456 e. The highest BCUT2D eigenvalue weighted by molar-refractivity contribution is 9.10. The fourth-order valence-electron chi connectivity index (χ4n) is 2.07. The van der Waals surface area contributed by atoms with Crippen LogP contribution in [0.25, 0.3) is 0 Å². The number of hydrogen-bond donors (Lipinski definition) is 0. The van der Waals surface area contributed by atoms with Crippen molar-refractivity contribution in [2.45, 2.75) is 10.4 Å². The molecule has 146 valence electrons. The van der Waals surface area contributed by atoms with Gasteiger partial charge in [0.25, 0.3) is 15.5 Å². The number of nitrogens with zero attached hydrogens (tertiary/aromatic N) is 2. The van der Waals surface area contributed by atoms with E-state index in [9.17, 15) is 31.7 Å². The zero-order chi connectivity index (χ0) is 20.6. The maximum atomic E-state index is 12.6. The van der Waals surface area contributed by atoms with Gasteiger partial charge in [0.05, 0.1) is 14.3 Å². The van der Waals surface area contributed by atoms with Gasteiger partial charge in [-0.2, -0.15) is 13.2 Å². The lowest BCUT2D eigenvalue weighted by Crippen LogP contribution is -2.23. The fraction of sp³-hybridized carbons (Fsp3) is 0.200. The summed E-state index contributed by atoms with van der Waals surface area (Å²) in [7, 11) is -2.30. The molecule has 7 nitrogen and oxygen atoms in total. The molecule has 0 atom stereocenters. The third kappa shape index (κ3) is 4.33. The summed E-state index contributed by atoms with van der Waals surface area (Å²) in [6, 6.07) is 6.51. The number of alkyl halides is 3. The van der Waals surface area contributed by atoms with Crippen molar-refractivity contribution >= 4 is 37.1 Å². The zero-order valence-corrected chi connectivity index (χ0v) is 16.2. The predicted octanol–water partition coefficient (Wildman–Crippen LogP) is 4.51. The first kappa shape index (κ1) is 21.0. The molecule has 2 rings (SSSR count). The molecule has 0 radical (unpaired) electrons. The maximum Gasteiger partial charge on any atom is 0.501 e. The fourth-order valence-corrected chi connectivity index (χ4v) is 3.47. The van der Waals surface area contributed by atoms with Crippen LogP contribution in [0, 0.1) is 10.1 Å². The zero-order valence-electron chi connectivity index (χ0n) is 13.8. The highest BCUT2D eigenvalue weighted by Gasteiger charge is 2.47. The third-order valence-electron chi connectivity index (χ3n) is 3.37. The Bertz CT molecular complexity index is 993. The van der Waals surface area contributed by atoms with Crippen LogP contribution in [0.15, 0.2) is 45.8 Å². The van der Waals surface area contributed by atoms with Crippen LogP contribution >= 0.6 is 15.9 Å². The van der Waals surface area contributed by atoms with E-state index in [0.29, 0.717) is 0 Å². The normalized spacial score (nSPS) is 11.9. The summed E-state index contributed by atoms with van der Waals surface area (Å²) >= 11 is 2.97. The minimum absolute atomic E-state index is 0.0300. The third-order valence-corrected chi connectivity index (χ3v) is 5.48. The Labute approximate surface area is 160 Å². The highest BCUT2D eigenvalue weighted by Crippen LogP contribution is 2.38. The van der Waals surface area contributed by atoms with E-state index in [4.69, 9.17) is 4.74 Å². The van der Waals surface area contributed by atoms with Crippen LogP contribution < -0.4 is 9.64 Å². The van der Waals surface area contributed by atoms with Crippen LogP contribution in [0.4, 0.5) is 24.5 Å². The van der Waals surface area contributed by atoms with Crippen molar-refractivity contribution < 1.29 is 31.2 Å². The van der Waals surface area contributed by atoms with Crippen LogP contribution in [0.1, 0.15) is 0 Å². The Morgan fingerprint density at radius 1 is 1.15 bits per heavy atom. The molecule has 0 bridgehead atoms. The molecule has 0 spiro atoms. The molecule has 0 aliphatic carbocycles. The van der Waals surface area contributed by atoms with E-state index in [1.165, 1.54) is 23.1 Å². The molecule has 0 heterocycles. The number of rotatable bonds is 5. The molecule has 0 fully saturated rings. The second kappa shape index (κ2) is 7.35.